The van der Waals surface area contributed by atoms with Gasteiger partial charge in [-0.1, -0.05) is 6.07 Å². The minimum atomic E-state index is -1.19. The van der Waals surface area contributed by atoms with Crippen molar-refractivity contribution in [2.24, 2.45) is 0 Å². The smallest absolute Gasteiger partial charge is 0.371 e. The number of hydrogen-bond acceptors (Lipinski definition) is 4. The summed E-state index contributed by atoms with van der Waals surface area (Å²) in [5, 5.41) is 8.65. The molecule has 2 aromatic heterocycles. The molecule has 2 aromatic rings. The van der Waals surface area contributed by atoms with E-state index in [4.69, 9.17) is 9.52 Å². The number of carboxylic acid groups (broad SMARTS) is 1. The topological polar surface area (TPSA) is 80.4 Å². The van der Waals surface area contributed by atoms with Crippen molar-refractivity contribution in [3.63, 3.8) is 0 Å². The summed E-state index contributed by atoms with van der Waals surface area (Å²) in [5.74, 6) is -1.65. The van der Waals surface area contributed by atoms with Crippen molar-refractivity contribution in [2.75, 3.05) is 0 Å². The van der Waals surface area contributed by atoms with Crippen LogP contribution in [0.1, 0.15) is 26.7 Å². The van der Waals surface area contributed by atoms with Crippen molar-refractivity contribution in [3.05, 3.63) is 53.7 Å². The van der Waals surface area contributed by atoms with E-state index in [9.17, 15) is 9.59 Å². The number of aromatic nitrogens is 1. The van der Waals surface area contributed by atoms with Crippen LogP contribution in [0.5, 0.6) is 0 Å². The van der Waals surface area contributed by atoms with Crippen LogP contribution in [0.3, 0.4) is 0 Å². The van der Waals surface area contributed by atoms with Crippen LogP contribution in [0.25, 0.3) is 0 Å². The summed E-state index contributed by atoms with van der Waals surface area (Å²) in [5.41, 5.74) is 0.755. The molecule has 2 heterocycles. The highest BCUT2D eigenvalue weighted by Gasteiger charge is 2.15. The van der Waals surface area contributed by atoms with Gasteiger partial charge < -0.3 is 9.52 Å². The first-order valence-electron chi connectivity index (χ1n) is 4.92. The number of hydrogen-bond donors (Lipinski definition) is 1. The Morgan fingerprint density at radius 2 is 2.00 bits per heavy atom. The van der Waals surface area contributed by atoms with Crippen LogP contribution in [0.4, 0.5) is 0 Å². The summed E-state index contributed by atoms with van der Waals surface area (Å²) in [6, 6.07) is 6.13. The Labute approximate surface area is 96.7 Å². The van der Waals surface area contributed by atoms with Crippen molar-refractivity contribution < 1.29 is 19.1 Å². The summed E-state index contributed by atoms with van der Waals surface area (Å²) in [7, 11) is 0. The van der Waals surface area contributed by atoms with E-state index in [1.54, 1.807) is 24.5 Å². The maximum absolute atomic E-state index is 11.7. The Morgan fingerprint density at radius 1 is 1.24 bits per heavy atom. The number of carbonyl (C=O) groups is 2. The number of nitrogens with zero attached hydrogens (tertiary/aromatic N) is 1. The van der Waals surface area contributed by atoms with Gasteiger partial charge in [-0.25, -0.2) is 4.79 Å². The summed E-state index contributed by atoms with van der Waals surface area (Å²) >= 11 is 0. The van der Waals surface area contributed by atoms with Crippen LogP contribution >= 0.6 is 0 Å². The molecule has 5 nitrogen and oxygen atoms in total. The first-order chi connectivity index (χ1) is 8.16. The standard InChI is InChI=1S/C12H9NO4/c14-9(6-8-2-1-5-13-7-8)10-3-4-11(17-10)12(15)16/h1-5,7H,6H2,(H,15,16). The molecule has 5 heteroatoms. The molecule has 17 heavy (non-hydrogen) atoms. The molecule has 0 saturated heterocycles. The molecule has 0 atom stereocenters. The first-order valence-corrected chi connectivity index (χ1v) is 4.92. The maximum atomic E-state index is 11.7. The SMILES string of the molecule is O=C(O)c1ccc(C(=O)Cc2cccnc2)o1. The average molecular weight is 231 g/mol. The second-order valence-electron chi connectivity index (χ2n) is 3.43. The zero-order chi connectivity index (χ0) is 12.3. The predicted molar refractivity (Wildman–Crippen MR) is 57.9 cm³/mol. The van der Waals surface area contributed by atoms with Gasteiger partial charge in [0, 0.05) is 18.8 Å². The number of pyridine rings is 1. The zero-order valence-electron chi connectivity index (χ0n) is 8.79. The fraction of sp³-hybridized carbons (Fsp3) is 0.0833. The third-order valence-corrected chi connectivity index (χ3v) is 2.18. The van der Waals surface area contributed by atoms with E-state index in [0.717, 1.165) is 5.56 Å². The molecule has 0 bridgehead atoms. The number of aromatic carboxylic acids is 1. The van der Waals surface area contributed by atoms with Crippen LogP contribution in [0, 0.1) is 0 Å². The highest BCUT2D eigenvalue weighted by molar-refractivity contribution is 5.96. The van der Waals surface area contributed by atoms with E-state index in [1.165, 1.54) is 12.1 Å². The van der Waals surface area contributed by atoms with Gasteiger partial charge in [0.15, 0.2) is 5.76 Å². The molecular weight excluding hydrogens is 222 g/mol. The second-order valence-corrected chi connectivity index (χ2v) is 3.43. The Bertz CT molecular complexity index is 545. The summed E-state index contributed by atoms with van der Waals surface area (Å²) in [6.07, 6.45) is 3.34. The minimum Gasteiger partial charge on any atom is -0.475 e. The molecule has 0 fully saturated rings. The van der Waals surface area contributed by atoms with Gasteiger partial charge in [-0.05, 0) is 23.8 Å². The van der Waals surface area contributed by atoms with Gasteiger partial charge in [0.25, 0.3) is 0 Å². The molecule has 0 saturated carbocycles. The molecule has 2 rings (SSSR count). The number of Topliss-reactive ketones (excluding diaryl/α,β-unsaturated/α-hetero) is 1. The molecule has 0 aliphatic heterocycles. The normalized spacial score (nSPS) is 10.1. The third kappa shape index (κ3) is 2.57. The van der Waals surface area contributed by atoms with Crippen molar-refractivity contribution in [2.45, 2.75) is 6.42 Å². The van der Waals surface area contributed by atoms with Gasteiger partial charge in [-0.2, -0.15) is 0 Å². The molecule has 1 N–H and O–H groups in total. The molecule has 0 aliphatic rings. The molecular formula is C12H9NO4. The fourth-order valence-corrected chi connectivity index (χ4v) is 1.38. The van der Waals surface area contributed by atoms with E-state index in [0.29, 0.717) is 0 Å². The molecule has 0 spiro atoms. The summed E-state index contributed by atoms with van der Waals surface area (Å²) in [4.78, 5) is 26.2. The lowest BCUT2D eigenvalue weighted by Crippen LogP contribution is -2.02. The average Bonchev–Trinajstić information content (AvgIpc) is 2.79. The molecule has 0 radical (unpaired) electrons. The van der Waals surface area contributed by atoms with Gasteiger partial charge in [0.05, 0.1) is 0 Å². The van der Waals surface area contributed by atoms with E-state index in [-0.39, 0.29) is 23.7 Å². The molecule has 0 aromatic carbocycles. The summed E-state index contributed by atoms with van der Waals surface area (Å²) < 4.78 is 4.91. The van der Waals surface area contributed by atoms with Gasteiger partial charge >= 0.3 is 5.97 Å². The number of rotatable bonds is 4. The monoisotopic (exact) mass is 231 g/mol. The second kappa shape index (κ2) is 4.61. The third-order valence-electron chi connectivity index (χ3n) is 2.18. The first kappa shape index (κ1) is 11.1. The van der Waals surface area contributed by atoms with E-state index in [2.05, 4.69) is 4.98 Å². The van der Waals surface area contributed by atoms with Gasteiger partial charge in [0.1, 0.15) is 0 Å². The van der Waals surface area contributed by atoms with Crippen LogP contribution in [0.2, 0.25) is 0 Å². The van der Waals surface area contributed by atoms with Crippen LogP contribution in [-0.2, 0) is 6.42 Å². The Kier molecular flexibility index (Phi) is 3.00. The van der Waals surface area contributed by atoms with Crippen molar-refractivity contribution >= 4 is 11.8 Å². The summed E-state index contributed by atoms with van der Waals surface area (Å²) in [6.45, 7) is 0. The highest BCUT2D eigenvalue weighted by atomic mass is 16.4. The Hall–Kier alpha value is -2.43. The lowest BCUT2D eigenvalue weighted by Gasteiger charge is -1.97. The minimum absolute atomic E-state index is 0.0475. The van der Waals surface area contributed by atoms with Gasteiger partial charge in [-0.3, -0.25) is 9.78 Å². The largest absolute Gasteiger partial charge is 0.475 e. The number of ketones is 1. The van der Waals surface area contributed by atoms with Crippen molar-refractivity contribution in [1.82, 2.24) is 4.98 Å². The zero-order valence-corrected chi connectivity index (χ0v) is 8.79. The molecule has 86 valence electrons. The quantitative estimate of drug-likeness (QED) is 0.811. The van der Waals surface area contributed by atoms with E-state index in [1.807, 2.05) is 0 Å². The van der Waals surface area contributed by atoms with Crippen LogP contribution in [0.15, 0.2) is 41.1 Å². The van der Waals surface area contributed by atoms with Crippen molar-refractivity contribution in [1.29, 1.82) is 0 Å². The Morgan fingerprint density at radius 3 is 2.59 bits per heavy atom. The van der Waals surface area contributed by atoms with Crippen LogP contribution in [-0.4, -0.2) is 21.8 Å². The van der Waals surface area contributed by atoms with Crippen molar-refractivity contribution in [3.8, 4) is 0 Å². The lowest BCUT2D eigenvalue weighted by atomic mass is 10.1. The molecule has 0 aliphatic carbocycles. The fourth-order valence-electron chi connectivity index (χ4n) is 1.38. The van der Waals surface area contributed by atoms with Crippen LogP contribution < -0.4 is 0 Å². The molecule has 0 amide bonds. The Balaban J connectivity index is 2.12. The number of carboxylic acids is 1. The van der Waals surface area contributed by atoms with E-state index >= 15 is 0 Å². The highest BCUT2D eigenvalue weighted by Crippen LogP contribution is 2.11. The molecule has 0 unspecified atom stereocenters. The van der Waals surface area contributed by atoms with E-state index < -0.39 is 5.97 Å². The number of carbonyl (C=O) groups excluding carboxylic acids is 1. The van der Waals surface area contributed by atoms with Gasteiger partial charge in [0.2, 0.25) is 11.5 Å². The number of furan rings is 1. The van der Waals surface area contributed by atoms with Gasteiger partial charge in [-0.15, -0.1) is 0 Å². The predicted octanol–water partition coefficient (Wildman–Crippen LogP) is 1.80. The lowest BCUT2D eigenvalue weighted by molar-refractivity contribution is 0.0660. The maximum Gasteiger partial charge on any atom is 0.371 e.